The van der Waals surface area contributed by atoms with Crippen LogP contribution in [0.5, 0.6) is 5.75 Å². The van der Waals surface area contributed by atoms with Crippen molar-refractivity contribution in [3.8, 4) is 22.7 Å². The van der Waals surface area contributed by atoms with Crippen molar-refractivity contribution in [3.05, 3.63) is 70.9 Å². The van der Waals surface area contributed by atoms with Crippen LogP contribution < -0.4 is 4.74 Å². The van der Waals surface area contributed by atoms with Crippen LogP contribution in [0.1, 0.15) is 55.1 Å². The van der Waals surface area contributed by atoms with Gasteiger partial charge in [0.05, 0.1) is 24.5 Å². The minimum Gasteiger partial charge on any atom is -0.493 e. The van der Waals surface area contributed by atoms with Gasteiger partial charge in [-0.05, 0) is 81.1 Å². The van der Waals surface area contributed by atoms with Crippen molar-refractivity contribution in [2.24, 2.45) is 5.92 Å². The van der Waals surface area contributed by atoms with Gasteiger partial charge >= 0.3 is 5.97 Å². The normalized spacial score (nSPS) is 14.3. The monoisotopic (exact) mass is 451 g/mol. The molecule has 1 aliphatic carbocycles. The molecule has 32 heavy (non-hydrogen) atoms. The summed E-state index contributed by atoms with van der Waals surface area (Å²) in [5.74, 6) is 1.13. The van der Waals surface area contributed by atoms with E-state index >= 15 is 0 Å². The van der Waals surface area contributed by atoms with Crippen LogP contribution in [-0.4, -0.2) is 23.8 Å². The number of nitrogens with zero attached hydrogens (tertiary/aromatic N) is 1. The zero-order valence-electron chi connectivity index (χ0n) is 18.8. The number of carbonyl (C=O) groups excluding carboxylic acids is 1. The third-order valence-corrected chi connectivity index (χ3v) is 6.34. The maximum Gasteiger partial charge on any atom is 0.338 e. The molecule has 0 atom stereocenters. The summed E-state index contributed by atoms with van der Waals surface area (Å²) in [5, 5.41) is 0.663. The average molecular weight is 452 g/mol. The fraction of sp³-hybridized carbons (Fsp3) is 0.370. The molecular formula is C27H30ClNO3. The van der Waals surface area contributed by atoms with Crippen LogP contribution in [0.25, 0.3) is 16.9 Å². The molecule has 0 spiro atoms. The van der Waals surface area contributed by atoms with E-state index in [2.05, 4.69) is 16.7 Å². The van der Waals surface area contributed by atoms with Gasteiger partial charge in [-0.3, -0.25) is 0 Å². The molecular weight excluding hydrogens is 422 g/mol. The van der Waals surface area contributed by atoms with E-state index in [1.807, 2.05) is 50.2 Å². The molecule has 1 saturated carbocycles. The smallest absolute Gasteiger partial charge is 0.338 e. The van der Waals surface area contributed by atoms with Crippen LogP contribution in [0.2, 0.25) is 5.02 Å². The van der Waals surface area contributed by atoms with Crippen molar-refractivity contribution >= 4 is 17.6 Å². The van der Waals surface area contributed by atoms with Crippen molar-refractivity contribution < 1.29 is 14.3 Å². The summed E-state index contributed by atoms with van der Waals surface area (Å²) in [6, 6.07) is 17.4. The molecule has 2 aromatic carbocycles. The number of aromatic nitrogens is 1. The minimum absolute atomic E-state index is 0.319. The van der Waals surface area contributed by atoms with E-state index in [1.54, 1.807) is 6.07 Å². The van der Waals surface area contributed by atoms with Gasteiger partial charge in [-0.1, -0.05) is 36.9 Å². The number of halogens is 1. The molecule has 0 saturated heterocycles. The van der Waals surface area contributed by atoms with Gasteiger partial charge in [0.15, 0.2) is 0 Å². The molecule has 0 unspecified atom stereocenters. The fourth-order valence-corrected chi connectivity index (χ4v) is 4.64. The molecule has 4 rings (SSSR count). The molecule has 1 heterocycles. The second kappa shape index (κ2) is 10.3. The first-order valence-corrected chi connectivity index (χ1v) is 11.8. The lowest BCUT2D eigenvalue weighted by Crippen LogP contribution is -2.15. The predicted molar refractivity (Wildman–Crippen MR) is 129 cm³/mol. The molecule has 0 aliphatic heterocycles. The van der Waals surface area contributed by atoms with Crippen molar-refractivity contribution in [1.82, 2.24) is 4.57 Å². The molecule has 1 aliphatic rings. The summed E-state index contributed by atoms with van der Waals surface area (Å²) in [7, 11) is 0. The van der Waals surface area contributed by atoms with Gasteiger partial charge in [0, 0.05) is 22.0 Å². The van der Waals surface area contributed by atoms with Gasteiger partial charge < -0.3 is 14.0 Å². The summed E-state index contributed by atoms with van der Waals surface area (Å²) in [6.45, 7) is 4.94. The maximum absolute atomic E-state index is 12.3. The number of hydrogen-bond acceptors (Lipinski definition) is 3. The number of esters is 1. The van der Waals surface area contributed by atoms with E-state index in [0.29, 0.717) is 23.1 Å². The number of carbonyl (C=O) groups is 1. The van der Waals surface area contributed by atoms with E-state index in [0.717, 1.165) is 35.0 Å². The molecule has 1 fully saturated rings. The third kappa shape index (κ3) is 5.02. The molecule has 5 heteroatoms. The highest BCUT2D eigenvalue weighted by molar-refractivity contribution is 6.31. The Bertz CT molecular complexity index is 1080. The molecule has 0 radical (unpaired) electrons. The zero-order chi connectivity index (χ0) is 22.5. The van der Waals surface area contributed by atoms with Gasteiger partial charge in [-0.2, -0.15) is 0 Å². The van der Waals surface area contributed by atoms with Crippen LogP contribution in [-0.2, 0) is 4.74 Å². The summed E-state index contributed by atoms with van der Waals surface area (Å²) in [5.41, 5.74) is 4.40. The first-order valence-electron chi connectivity index (χ1n) is 11.5. The predicted octanol–water partition coefficient (Wildman–Crippen LogP) is 7.24. The average Bonchev–Trinajstić information content (AvgIpc) is 3.20. The Morgan fingerprint density at radius 1 is 1.06 bits per heavy atom. The van der Waals surface area contributed by atoms with Gasteiger partial charge in [0.2, 0.25) is 0 Å². The number of aryl methyl sites for hydroxylation is 1. The highest BCUT2D eigenvalue weighted by Gasteiger charge is 2.18. The van der Waals surface area contributed by atoms with Crippen LogP contribution in [0.4, 0.5) is 0 Å². The summed E-state index contributed by atoms with van der Waals surface area (Å²) >= 11 is 6.40. The van der Waals surface area contributed by atoms with E-state index in [1.165, 1.54) is 32.1 Å². The van der Waals surface area contributed by atoms with Gasteiger partial charge in [-0.15, -0.1) is 0 Å². The molecule has 1 aromatic heterocycles. The van der Waals surface area contributed by atoms with Crippen molar-refractivity contribution in [2.75, 3.05) is 13.2 Å². The Labute approximate surface area is 195 Å². The highest BCUT2D eigenvalue weighted by Crippen LogP contribution is 2.36. The third-order valence-electron chi connectivity index (χ3n) is 6.11. The van der Waals surface area contributed by atoms with Gasteiger partial charge in [0.25, 0.3) is 0 Å². The molecule has 168 valence electrons. The first kappa shape index (κ1) is 22.5. The highest BCUT2D eigenvalue weighted by atomic mass is 35.5. The van der Waals surface area contributed by atoms with E-state index in [-0.39, 0.29) is 5.97 Å². The van der Waals surface area contributed by atoms with Crippen LogP contribution in [0, 0.1) is 12.8 Å². The number of benzene rings is 2. The molecule has 3 aromatic rings. The summed E-state index contributed by atoms with van der Waals surface area (Å²) in [4.78, 5) is 12.3. The largest absolute Gasteiger partial charge is 0.493 e. The quantitative estimate of drug-likeness (QED) is 0.355. The lowest BCUT2D eigenvalue weighted by Gasteiger charge is -2.23. The molecule has 0 N–H and O–H groups in total. The van der Waals surface area contributed by atoms with Crippen LogP contribution >= 0.6 is 11.6 Å². The number of hydrogen-bond donors (Lipinski definition) is 0. The lowest BCUT2D eigenvalue weighted by atomic mass is 9.90. The van der Waals surface area contributed by atoms with E-state index in [9.17, 15) is 4.79 Å². The Balaban J connectivity index is 1.69. The van der Waals surface area contributed by atoms with Crippen molar-refractivity contribution in [1.29, 1.82) is 0 Å². The Hall–Kier alpha value is -2.72. The van der Waals surface area contributed by atoms with Crippen LogP contribution in [0.15, 0.2) is 54.6 Å². The van der Waals surface area contributed by atoms with E-state index in [4.69, 9.17) is 21.1 Å². The maximum atomic E-state index is 12.3. The molecule has 0 amide bonds. The standard InChI is InChI=1S/C27H30ClNO3/c1-3-31-27(30)21-10-7-11-23(16-21)29-19(2)12-14-25(29)24-17-22(28)13-15-26(24)32-18-20-8-5-4-6-9-20/h7,10-17,20H,3-6,8-9,18H2,1-2H3. The van der Waals surface area contributed by atoms with Gasteiger partial charge in [-0.25, -0.2) is 4.79 Å². The molecule has 4 nitrogen and oxygen atoms in total. The Morgan fingerprint density at radius 3 is 2.66 bits per heavy atom. The van der Waals surface area contributed by atoms with Crippen molar-refractivity contribution in [3.63, 3.8) is 0 Å². The zero-order valence-corrected chi connectivity index (χ0v) is 19.5. The number of rotatable bonds is 7. The summed E-state index contributed by atoms with van der Waals surface area (Å²) in [6.07, 6.45) is 6.39. The Kier molecular flexibility index (Phi) is 7.21. The first-order chi connectivity index (χ1) is 15.6. The fourth-order valence-electron chi connectivity index (χ4n) is 4.47. The Morgan fingerprint density at radius 2 is 1.88 bits per heavy atom. The second-order valence-electron chi connectivity index (χ2n) is 8.42. The van der Waals surface area contributed by atoms with E-state index < -0.39 is 0 Å². The van der Waals surface area contributed by atoms with Crippen LogP contribution in [0.3, 0.4) is 0 Å². The van der Waals surface area contributed by atoms with Crippen molar-refractivity contribution in [2.45, 2.75) is 46.0 Å². The molecule has 0 bridgehead atoms. The number of ether oxygens (including phenoxy) is 2. The van der Waals surface area contributed by atoms with Gasteiger partial charge in [0.1, 0.15) is 5.75 Å². The SMILES string of the molecule is CCOC(=O)c1cccc(-n2c(C)ccc2-c2cc(Cl)ccc2OCC2CCCCC2)c1. The summed E-state index contributed by atoms with van der Waals surface area (Å²) < 4.78 is 13.6. The lowest BCUT2D eigenvalue weighted by molar-refractivity contribution is 0.0526. The second-order valence-corrected chi connectivity index (χ2v) is 8.86. The topological polar surface area (TPSA) is 40.5 Å². The minimum atomic E-state index is -0.319.